The molecule has 0 saturated heterocycles. The standard InChI is InChI=1S/C48H30/c1-3-14-39-31(8-1)10-6-16-41(39)33-18-20-34(21-19-33)43-26-24-35-22-23-36-25-27-44(46-29-28-45(43)47(35)48(36)46)38-13-5-12-37(30-38)42-17-7-11-32-9-2-4-15-40(32)42/h1-30H/i22D,23D,24D,26D,27D,28D,29D. The minimum Gasteiger partial charge on any atom is -0.0616 e. The average molecular weight is 614 g/mol. The normalized spacial score (nSPS) is 13.8. The predicted octanol–water partition coefficient (Wildman–Crippen LogP) is 13.6. The highest BCUT2D eigenvalue weighted by Gasteiger charge is 2.16. The molecule has 10 aromatic carbocycles. The van der Waals surface area contributed by atoms with Crippen molar-refractivity contribution in [3.8, 4) is 44.5 Å². The highest BCUT2D eigenvalue weighted by Crippen LogP contribution is 2.43. The molecule has 0 aromatic heterocycles. The van der Waals surface area contributed by atoms with Gasteiger partial charge in [-0.25, -0.2) is 0 Å². The van der Waals surface area contributed by atoms with Gasteiger partial charge >= 0.3 is 0 Å². The van der Waals surface area contributed by atoms with Crippen LogP contribution in [-0.2, 0) is 0 Å². The minimum absolute atomic E-state index is 0.0817. The lowest BCUT2D eigenvalue weighted by molar-refractivity contribution is 1.62. The second kappa shape index (κ2) is 10.7. The molecule has 0 N–H and O–H groups in total. The third-order valence-corrected chi connectivity index (χ3v) is 9.60. The van der Waals surface area contributed by atoms with Crippen molar-refractivity contribution in [3.05, 3.63) is 182 Å². The van der Waals surface area contributed by atoms with E-state index in [0.29, 0.717) is 49.2 Å². The van der Waals surface area contributed by atoms with Crippen LogP contribution in [0.5, 0.6) is 0 Å². The van der Waals surface area contributed by atoms with Crippen molar-refractivity contribution < 1.29 is 9.60 Å². The Balaban J connectivity index is 1.25. The van der Waals surface area contributed by atoms with Gasteiger partial charge < -0.3 is 0 Å². The molecular weight excluding hydrogens is 577 g/mol. The van der Waals surface area contributed by atoms with E-state index in [9.17, 15) is 6.85 Å². The Labute approximate surface area is 289 Å². The first-order valence-corrected chi connectivity index (χ1v) is 16.1. The molecule has 48 heavy (non-hydrogen) atoms. The van der Waals surface area contributed by atoms with Gasteiger partial charge in [0.25, 0.3) is 0 Å². The zero-order valence-electron chi connectivity index (χ0n) is 32.8. The summed E-state index contributed by atoms with van der Waals surface area (Å²) in [6, 6.07) is 45.0. The molecule has 0 aliphatic rings. The van der Waals surface area contributed by atoms with Gasteiger partial charge in [0.1, 0.15) is 0 Å². The maximum Gasteiger partial charge on any atom is 0.0630 e. The van der Waals surface area contributed by atoms with Gasteiger partial charge in [0, 0.05) is 0 Å². The lowest BCUT2D eigenvalue weighted by atomic mass is 9.86. The third kappa shape index (κ3) is 4.16. The molecule has 0 atom stereocenters. The summed E-state index contributed by atoms with van der Waals surface area (Å²) in [6.07, 6.45) is 0. The molecule has 0 heterocycles. The van der Waals surface area contributed by atoms with Crippen LogP contribution in [0.3, 0.4) is 0 Å². The molecule has 222 valence electrons. The Bertz CT molecular complexity index is 3210. The van der Waals surface area contributed by atoms with Gasteiger partial charge in [-0.15, -0.1) is 0 Å². The Morgan fingerprint density at radius 1 is 0.271 bits per heavy atom. The second-order valence-electron chi connectivity index (χ2n) is 12.3. The Morgan fingerprint density at radius 3 is 1.44 bits per heavy atom. The van der Waals surface area contributed by atoms with Gasteiger partial charge in [-0.05, 0) is 104 Å². The lowest BCUT2D eigenvalue weighted by Crippen LogP contribution is -1.90. The highest BCUT2D eigenvalue weighted by molar-refractivity contribution is 6.27. The minimum atomic E-state index is -0.225. The van der Waals surface area contributed by atoms with Crippen LogP contribution >= 0.6 is 0 Å². The molecule has 0 bridgehead atoms. The maximum atomic E-state index is 9.59. The molecular formula is C48H30. The van der Waals surface area contributed by atoms with Crippen LogP contribution in [0, 0.1) is 0 Å². The first-order valence-electron chi connectivity index (χ1n) is 19.6. The van der Waals surface area contributed by atoms with E-state index >= 15 is 0 Å². The third-order valence-electron chi connectivity index (χ3n) is 9.60. The summed E-state index contributed by atoms with van der Waals surface area (Å²) >= 11 is 0. The predicted molar refractivity (Wildman–Crippen MR) is 207 cm³/mol. The van der Waals surface area contributed by atoms with Crippen molar-refractivity contribution in [2.75, 3.05) is 0 Å². The first-order chi connectivity index (χ1) is 26.7. The van der Waals surface area contributed by atoms with E-state index in [1.807, 2.05) is 84.9 Å². The quantitative estimate of drug-likeness (QED) is 0.173. The Hall–Kier alpha value is -6.24. The summed E-state index contributed by atoms with van der Waals surface area (Å²) in [4.78, 5) is 0. The van der Waals surface area contributed by atoms with Crippen molar-refractivity contribution in [1.82, 2.24) is 0 Å². The van der Waals surface area contributed by atoms with E-state index in [1.165, 1.54) is 0 Å². The summed E-state index contributed by atoms with van der Waals surface area (Å²) < 4.78 is 65.2. The molecule has 0 unspecified atom stereocenters. The summed E-state index contributed by atoms with van der Waals surface area (Å²) in [5.74, 6) is 0. The van der Waals surface area contributed by atoms with E-state index in [-0.39, 0.29) is 47.7 Å². The van der Waals surface area contributed by atoms with Crippen molar-refractivity contribution in [2.45, 2.75) is 0 Å². The number of benzene rings is 10. The van der Waals surface area contributed by atoms with Gasteiger partial charge in [-0.3, -0.25) is 0 Å². The molecule has 0 aliphatic heterocycles. The zero-order valence-corrected chi connectivity index (χ0v) is 25.8. The second-order valence-corrected chi connectivity index (χ2v) is 12.3. The maximum absolute atomic E-state index is 9.59. The van der Waals surface area contributed by atoms with E-state index in [4.69, 9.17) is 2.74 Å². The van der Waals surface area contributed by atoms with Gasteiger partial charge in [0.2, 0.25) is 0 Å². The fraction of sp³-hybridized carbons (Fsp3) is 0. The summed E-state index contributed by atoms with van der Waals surface area (Å²) in [5, 5.41) is 6.38. The first kappa shape index (κ1) is 20.8. The van der Waals surface area contributed by atoms with Gasteiger partial charge in [-0.1, -0.05) is 176 Å². The number of hydrogen-bond donors (Lipinski definition) is 0. The van der Waals surface area contributed by atoms with Crippen LogP contribution in [0.1, 0.15) is 9.60 Å². The summed E-state index contributed by atoms with van der Waals surface area (Å²) in [6.45, 7) is 0. The summed E-state index contributed by atoms with van der Waals surface area (Å²) in [5.41, 5.74) is 6.12. The topological polar surface area (TPSA) is 0 Å². The Morgan fingerprint density at radius 2 is 0.750 bits per heavy atom. The number of rotatable bonds is 4. The van der Waals surface area contributed by atoms with E-state index in [2.05, 4.69) is 48.5 Å². The van der Waals surface area contributed by atoms with Crippen LogP contribution < -0.4 is 0 Å². The van der Waals surface area contributed by atoms with Gasteiger partial charge in [0.05, 0.1) is 9.60 Å². The van der Waals surface area contributed by atoms with Gasteiger partial charge in [-0.2, -0.15) is 0 Å². The molecule has 0 saturated carbocycles. The monoisotopic (exact) mass is 613 g/mol. The van der Waals surface area contributed by atoms with Crippen molar-refractivity contribution in [2.24, 2.45) is 0 Å². The average Bonchev–Trinajstić information content (AvgIpc) is 3.22. The molecule has 0 aliphatic carbocycles. The molecule has 0 nitrogen and oxygen atoms in total. The fourth-order valence-electron chi connectivity index (χ4n) is 7.31. The molecule has 10 rings (SSSR count). The smallest absolute Gasteiger partial charge is 0.0616 e. The molecule has 10 aromatic rings. The molecule has 0 radical (unpaired) electrons. The lowest BCUT2D eigenvalue weighted by Gasteiger charge is -2.17. The SMILES string of the molecule is [2H]c1cc2c([2H])c([2H])c3c([2H])c([2H])c(-c4ccc(-c5cccc6ccccc56)cc4)c4c([2H])c([2H])c(c1-c1cccc(-c5cccc6ccccc56)c1)c2c34. The van der Waals surface area contributed by atoms with Crippen LogP contribution in [-0.4, -0.2) is 0 Å². The highest BCUT2D eigenvalue weighted by atomic mass is 14.2. The van der Waals surface area contributed by atoms with Crippen molar-refractivity contribution in [3.63, 3.8) is 0 Å². The number of fused-ring (bicyclic) bond motifs is 2. The Kier molecular flexibility index (Phi) is 4.62. The van der Waals surface area contributed by atoms with Crippen LogP contribution in [0.25, 0.3) is 98.4 Å². The number of hydrogen-bond acceptors (Lipinski definition) is 0. The van der Waals surface area contributed by atoms with Crippen molar-refractivity contribution >= 4 is 53.9 Å². The van der Waals surface area contributed by atoms with Crippen LogP contribution in [0.4, 0.5) is 0 Å². The summed E-state index contributed by atoms with van der Waals surface area (Å²) in [7, 11) is 0. The van der Waals surface area contributed by atoms with Crippen LogP contribution in [0.15, 0.2) is 182 Å². The van der Waals surface area contributed by atoms with Crippen molar-refractivity contribution in [1.29, 1.82) is 0 Å². The van der Waals surface area contributed by atoms with Gasteiger partial charge in [0.15, 0.2) is 0 Å². The fourth-order valence-corrected chi connectivity index (χ4v) is 7.31. The van der Waals surface area contributed by atoms with E-state index < -0.39 is 0 Å². The largest absolute Gasteiger partial charge is 0.0630 e. The molecule has 0 fully saturated rings. The molecule has 0 spiro atoms. The van der Waals surface area contributed by atoms with E-state index in [1.54, 1.807) is 6.07 Å². The molecule has 0 heteroatoms. The van der Waals surface area contributed by atoms with Crippen LogP contribution in [0.2, 0.25) is 0 Å². The molecule has 0 amide bonds. The van der Waals surface area contributed by atoms with E-state index in [0.717, 1.165) is 43.8 Å². The zero-order chi connectivity index (χ0) is 37.7.